The predicted molar refractivity (Wildman–Crippen MR) is 207 cm³/mol. The molecule has 0 saturated heterocycles. The minimum Gasteiger partial charge on any atom is -0.208 e. The van der Waals surface area contributed by atoms with Crippen molar-refractivity contribution in [3.8, 4) is 56.4 Å². The summed E-state index contributed by atoms with van der Waals surface area (Å²) in [6.07, 6.45) is 0. The van der Waals surface area contributed by atoms with Crippen molar-refractivity contribution in [1.29, 1.82) is 0 Å². The molecule has 234 valence electrons. The first-order valence-corrected chi connectivity index (χ1v) is 17.2. The van der Waals surface area contributed by atoms with Gasteiger partial charge in [0.2, 0.25) is 0 Å². The number of fused-ring (bicyclic) bond motifs is 6. The quantitative estimate of drug-likeness (QED) is 0.184. The third-order valence-electron chi connectivity index (χ3n) is 9.38. The molecule has 1 aliphatic rings. The molecule has 0 radical (unpaired) electrons. The molecule has 1 aliphatic carbocycles. The van der Waals surface area contributed by atoms with Crippen LogP contribution in [-0.2, 0) is 0 Å². The Hall–Kier alpha value is -6.23. The van der Waals surface area contributed by atoms with E-state index in [-0.39, 0.29) is 47.4 Å². The lowest BCUT2D eigenvalue weighted by Crippen LogP contribution is -2.04. The number of benzene rings is 7. The second kappa shape index (κ2) is 11.7. The second-order valence-electron chi connectivity index (χ2n) is 12.2. The van der Waals surface area contributed by atoms with Crippen LogP contribution in [0.4, 0.5) is 0 Å². The maximum Gasteiger partial charge on any atom is 0.164 e. The maximum absolute atomic E-state index is 9.21. The summed E-state index contributed by atoms with van der Waals surface area (Å²) in [7, 11) is 0. The van der Waals surface area contributed by atoms with Crippen LogP contribution in [0.5, 0.6) is 0 Å². The van der Waals surface area contributed by atoms with Crippen molar-refractivity contribution in [2.45, 2.75) is 5.92 Å². The van der Waals surface area contributed by atoms with E-state index < -0.39 is 5.92 Å². The zero-order chi connectivity index (χ0) is 38.2. The normalized spacial score (nSPS) is 14.0. The largest absolute Gasteiger partial charge is 0.208 e. The molecule has 0 unspecified atom stereocenters. The predicted octanol–water partition coefficient (Wildman–Crippen LogP) is 12.1. The van der Waals surface area contributed by atoms with Crippen LogP contribution in [0.1, 0.15) is 30.8 Å². The third-order valence-corrected chi connectivity index (χ3v) is 10.6. The Morgan fingerprint density at radius 2 is 1.02 bits per heavy atom. The van der Waals surface area contributed by atoms with Crippen molar-refractivity contribution >= 4 is 31.5 Å². The van der Waals surface area contributed by atoms with Crippen LogP contribution in [0.25, 0.3) is 76.6 Å². The number of thiophene rings is 1. The molecule has 9 aromatic rings. The number of aromatic nitrogens is 3. The molecule has 7 aromatic carbocycles. The summed E-state index contributed by atoms with van der Waals surface area (Å²) in [5, 5.41) is 2.25. The summed E-state index contributed by atoms with van der Waals surface area (Å²) in [6.45, 7) is 0. The van der Waals surface area contributed by atoms with Crippen molar-refractivity contribution in [3.63, 3.8) is 0 Å². The Morgan fingerprint density at radius 3 is 1.68 bits per heavy atom. The highest BCUT2D eigenvalue weighted by molar-refractivity contribution is 7.26. The van der Waals surface area contributed by atoms with Gasteiger partial charge in [0, 0.05) is 42.8 Å². The molecule has 0 fully saturated rings. The van der Waals surface area contributed by atoms with Crippen LogP contribution in [0.3, 0.4) is 0 Å². The molecule has 0 atom stereocenters. The number of rotatable bonds is 5. The van der Waals surface area contributed by atoms with E-state index in [1.54, 1.807) is 11.3 Å². The Balaban J connectivity index is 1.29. The second-order valence-corrected chi connectivity index (χ2v) is 13.3. The summed E-state index contributed by atoms with van der Waals surface area (Å²) in [4.78, 5) is 15.0. The molecule has 0 spiro atoms. The topological polar surface area (TPSA) is 38.7 Å². The summed E-state index contributed by atoms with van der Waals surface area (Å²) in [5.41, 5.74) is 6.47. The van der Waals surface area contributed by atoms with Crippen LogP contribution in [0.15, 0.2) is 170 Å². The monoisotopic (exact) mass is 661 g/mol. The van der Waals surface area contributed by atoms with E-state index in [9.17, 15) is 2.74 Å². The van der Waals surface area contributed by atoms with Gasteiger partial charge in [-0.2, -0.15) is 0 Å². The van der Waals surface area contributed by atoms with Gasteiger partial charge in [-0.1, -0.05) is 158 Å². The van der Waals surface area contributed by atoms with Gasteiger partial charge < -0.3 is 0 Å². The van der Waals surface area contributed by atoms with Crippen LogP contribution in [-0.4, -0.2) is 15.0 Å². The summed E-state index contributed by atoms with van der Waals surface area (Å²) >= 11 is 1.70. The number of hydrogen-bond acceptors (Lipinski definition) is 4. The smallest absolute Gasteiger partial charge is 0.164 e. The SMILES string of the molecule is [2H]c1cc([2H])c2c(c1[2H])-c1c([2H])c([2H])cc([2H])c1C2c1ccc(-c2nc(-c3ccccc3)nc(-c3ccccc3)n2)cc1-c1cccc2c1sc1ccccc12. The zero-order valence-corrected chi connectivity index (χ0v) is 27.3. The summed E-state index contributed by atoms with van der Waals surface area (Å²) < 4.78 is 55.7. The van der Waals surface area contributed by atoms with Crippen molar-refractivity contribution in [1.82, 2.24) is 15.0 Å². The van der Waals surface area contributed by atoms with Gasteiger partial charge in [-0.15, -0.1) is 11.3 Å². The Bertz CT molecular complexity index is 2940. The van der Waals surface area contributed by atoms with Gasteiger partial charge in [0.05, 0.1) is 8.22 Å². The fourth-order valence-corrected chi connectivity index (χ4v) is 8.34. The average molecular weight is 662 g/mol. The van der Waals surface area contributed by atoms with Gasteiger partial charge in [0.1, 0.15) is 0 Å². The van der Waals surface area contributed by atoms with Crippen molar-refractivity contribution in [2.24, 2.45) is 0 Å². The van der Waals surface area contributed by atoms with Gasteiger partial charge in [-0.05, 0) is 51.1 Å². The van der Waals surface area contributed by atoms with Crippen molar-refractivity contribution in [3.05, 3.63) is 186 Å². The van der Waals surface area contributed by atoms with E-state index >= 15 is 0 Å². The van der Waals surface area contributed by atoms with Crippen LogP contribution in [0, 0.1) is 0 Å². The van der Waals surface area contributed by atoms with E-state index in [0.29, 0.717) is 28.6 Å². The van der Waals surface area contributed by atoms with Crippen molar-refractivity contribution in [2.75, 3.05) is 0 Å². The maximum atomic E-state index is 9.21. The first-order valence-electron chi connectivity index (χ1n) is 19.4. The molecule has 50 heavy (non-hydrogen) atoms. The molecule has 0 N–H and O–H groups in total. The lowest BCUT2D eigenvalue weighted by atomic mass is 9.83. The first-order chi connectivity index (χ1) is 27.3. The van der Waals surface area contributed by atoms with Gasteiger partial charge in [0.25, 0.3) is 0 Å². The molecule has 0 bridgehead atoms. The van der Waals surface area contributed by atoms with E-state index in [0.717, 1.165) is 53.6 Å². The highest BCUT2D eigenvalue weighted by Crippen LogP contribution is 2.51. The summed E-state index contributed by atoms with van der Waals surface area (Å²) in [6, 6.07) is 42.6. The lowest BCUT2D eigenvalue weighted by molar-refractivity contribution is 1.02. The molecular formula is C46H29N3S. The van der Waals surface area contributed by atoms with Gasteiger partial charge in [0.15, 0.2) is 17.5 Å². The summed E-state index contributed by atoms with van der Waals surface area (Å²) in [5.74, 6) is 0.821. The van der Waals surface area contributed by atoms with Gasteiger partial charge in [-0.3, -0.25) is 0 Å². The number of hydrogen-bond donors (Lipinski definition) is 0. The zero-order valence-electron chi connectivity index (χ0n) is 32.5. The minimum atomic E-state index is -0.721. The highest BCUT2D eigenvalue weighted by atomic mass is 32.1. The van der Waals surface area contributed by atoms with Crippen LogP contribution >= 0.6 is 11.3 Å². The number of nitrogens with zero attached hydrogens (tertiary/aromatic N) is 3. The third kappa shape index (κ3) is 4.68. The lowest BCUT2D eigenvalue weighted by Gasteiger charge is -2.20. The van der Waals surface area contributed by atoms with E-state index in [1.165, 1.54) is 12.1 Å². The first kappa shape index (κ1) is 23.2. The molecule has 4 heteroatoms. The standard InChI is InChI=1S/C46H29N3S/c1-3-14-29(15-4-1)44-47-45(30-16-5-2-6-17-30)49-46(48-44)31-26-27-37(42-35-21-9-7-18-32(35)33-19-8-10-22-36(33)42)40(28-31)39-24-13-23-38-34-20-11-12-25-41(34)50-43(38)39/h1-28,42H/i7D,8D,18D,19D,21D,22D. The van der Waals surface area contributed by atoms with Crippen LogP contribution < -0.4 is 0 Å². The van der Waals surface area contributed by atoms with E-state index in [2.05, 4.69) is 30.3 Å². The van der Waals surface area contributed by atoms with E-state index in [4.69, 9.17) is 20.4 Å². The molecule has 0 amide bonds. The minimum absolute atomic E-state index is 0.0556. The van der Waals surface area contributed by atoms with Crippen LogP contribution in [0.2, 0.25) is 0 Å². The molecule has 3 nitrogen and oxygen atoms in total. The average Bonchev–Trinajstić information content (AvgIpc) is 3.80. The molecular weight excluding hydrogens is 627 g/mol. The molecule has 0 saturated carbocycles. The molecule has 10 rings (SSSR count). The fourth-order valence-electron chi connectivity index (χ4n) is 7.11. The van der Waals surface area contributed by atoms with Gasteiger partial charge >= 0.3 is 0 Å². The van der Waals surface area contributed by atoms with Gasteiger partial charge in [-0.25, -0.2) is 15.0 Å². The Kier molecular flexibility index (Phi) is 5.44. The highest BCUT2D eigenvalue weighted by Gasteiger charge is 2.32. The van der Waals surface area contributed by atoms with Crippen molar-refractivity contribution < 1.29 is 8.22 Å². The van der Waals surface area contributed by atoms with E-state index in [1.807, 2.05) is 91.0 Å². The fraction of sp³-hybridized carbons (Fsp3) is 0.0217. The molecule has 2 heterocycles. The molecule has 0 aliphatic heterocycles. The Labute approximate surface area is 302 Å². The Morgan fingerprint density at radius 1 is 0.440 bits per heavy atom. The molecule has 2 aromatic heterocycles.